The van der Waals surface area contributed by atoms with Gasteiger partial charge in [-0.2, -0.15) is 0 Å². The fraction of sp³-hybridized carbons (Fsp3) is 0.750. The minimum Gasteiger partial charge on any atom is -0.444 e. The topological polar surface area (TPSA) is 50.6 Å². The first-order valence-electron chi connectivity index (χ1n) is 7.97. The molecular weight excluding hydrogens is 280 g/mol. The summed E-state index contributed by atoms with van der Waals surface area (Å²) in [5.41, 5.74) is 0.777. The molecule has 0 radical (unpaired) electrons. The average Bonchev–Trinajstić information content (AvgIpc) is 3.03. The largest absolute Gasteiger partial charge is 0.444 e. The first-order chi connectivity index (χ1) is 10.3. The summed E-state index contributed by atoms with van der Waals surface area (Å²) < 4.78 is 7.62. The van der Waals surface area contributed by atoms with E-state index in [0.717, 1.165) is 39.0 Å². The van der Waals surface area contributed by atoms with Gasteiger partial charge in [-0.05, 0) is 33.6 Å². The average molecular weight is 306 g/mol. The number of rotatable bonds is 2. The first kappa shape index (κ1) is 15.3. The number of carbonyl (C=O) groups is 1. The Morgan fingerprint density at radius 2 is 2.09 bits per heavy atom. The van der Waals surface area contributed by atoms with Gasteiger partial charge in [0.25, 0.3) is 0 Å². The molecule has 2 aliphatic rings. The number of piperazine rings is 1. The van der Waals surface area contributed by atoms with Crippen molar-refractivity contribution in [3.63, 3.8) is 0 Å². The van der Waals surface area contributed by atoms with E-state index in [1.165, 1.54) is 5.69 Å². The molecule has 3 rings (SSSR count). The maximum absolute atomic E-state index is 12.4. The van der Waals surface area contributed by atoms with E-state index in [0.29, 0.717) is 0 Å². The zero-order chi connectivity index (χ0) is 16.0. The smallest absolute Gasteiger partial charge is 0.410 e. The van der Waals surface area contributed by atoms with E-state index < -0.39 is 5.60 Å². The molecule has 0 atom stereocenters. The zero-order valence-corrected chi connectivity index (χ0v) is 14.0. The molecule has 122 valence electrons. The minimum absolute atomic E-state index is 0.000817. The van der Waals surface area contributed by atoms with E-state index in [-0.39, 0.29) is 11.6 Å². The molecule has 1 saturated heterocycles. The third-order valence-electron chi connectivity index (χ3n) is 4.47. The number of nitrogens with zero attached hydrogens (tertiary/aromatic N) is 4. The van der Waals surface area contributed by atoms with E-state index in [4.69, 9.17) is 4.74 Å². The normalized spacial score (nSPS) is 21.2. The van der Waals surface area contributed by atoms with Crippen LogP contribution in [-0.2, 0) is 18.3 Å². The molecule has 6 heteroatoms. The van der Waals surface area contributed by atoms with Gasteiger partial charge in [0.15, 0.2) is 0 Å². The summed E-state index contributed by atoms with van der Waals surface area (Å²) >= 11 is 0. The predicted molar refractivity (Wildman–Crippen MR) is 83.4 cm³/mol. The number of carbonyl (C=O) groups excluding carboxylic acids is 1. The number of amides is 1. The lowest BCUT2D eigenvalue weighted by molar-refractivity contribution is -0.00833. The lowest BCUT2D eigenvalue weighted by atomic mass is 10.1. The molecule has 1 amide bonds. The fourth-order valence-corrected chi connectivity index (χ4v) is 3.13. The molecule has 0 bridgehead atoms. The third-order valence-corrected chi connectivity index (χ3v) is 4.47. The molecule has 0 N–H and O–H groups in total. The van der Waals surface area contributed by atoms with Crippen molar-refractivity contribution in [2.45, 2.75) is 51.3 Å². The molecule has 2 fully saturated rings. The summed E-state index contributed by atoms with van der Waals surface area (Å²) in [6, 6.07) is 0. The van der Waals surface area contributed by atoms with Gasteiger partial charge in [0, 0.05) is 39.4 Å². The Hall–Kier alpha value is -1.56. The molecule has 2 heterocycles. The van der Waals surface area contributed by atoms with Gasteiger partial charge in [0.1, 0.15) is 5.60 Å². The van der Waals surface area contributed by atoms with Crippen LogP contribution in [0, 0.1) is 0 Å². The number of hydrogen-bond acceptors (Lipinski definition) is 4. The Morgan fingerprint density at radius 3 is 2.64 bits per heavy atom. The van der Waals surface area contributed by atoms with Gasteiger partial charge >= 0.3 is 6.09 Å². The van der Waals surface area contributed by atoms with Crippen molar-refractivity contribution in [2.75, 3.05) is 19.6 Å². The van der Waals surface area contributed by atoms with Crippen LogP contribution in [0.3, 0.4) is 0 Å². The van der Waals surface area contributed by atoms with Crippen molar-refractivity contribution >= 4 is 6.09 Å². The van der Waals surface area contributed by atoms with Crippen molar-refractivity contribution in [3.8, 4) is 0 Å². The molecule has 1 aromatic rings. The Balaban J connectivity index is 1.63. The van der Waals surface area contributed by atoms with Crippen LogP contribution in [0.5, 0.6) is 0 Å². The molecule has 1 spiro atoms. The van der Waals surface area contributed by atoms with Crippen molar-refractivity contribution in [3.05, 3.63) is 18.2 Å². The molecule has 6 nitrogen and oxygen atoms in total. The fourth-order valence-electron chi connectivity index (χ4n) is 3.13. The molecule has 1 aliphatic carbocycles. The zero-order valence-electron chi connectivity index (χ0n) is 14.0. The van der Waals surface area contributed by atoms with E-state index in [1.807, 2.05) is 45.2 Å². The van der Waals surface area contributed by atoms with Crippen LogP contribution in [0.25, 0.3) is 0 Å². The number of aromatic nitrogens is 2. The summed E-state index contributed by atoms with van der Waals surface area (Å²) in [5, 5.41) is 0. The molecule has 1 saturated carbocycles. The molecule has 0 aromatic carbocycles. The van der Waals surface area contributed by atoms with E-state index >= 15 is 0 Å². The Kier molecular flexibility index (Phi) is 3.67. The SMILES string of the molecule is Cn1cncc1CN1CCN(C(=O)OC(C)(C)C)C2(CC2)C1. The second-order valence-electron chi connectivity index (χ2n) is 7.56. The third kappa shape index (κ3) is 3.11. The first-order valence-corrected chi connectivity index (χ1v) is 7.97. The highest BCUT2D eigenvalue weighted by Crippen LogP contribution is 2.45. The quantitative estimate of drug-likeness (QED) is 0.838. The highest BCUT2D eigenvalue weighted by molar-refractivity contribution is 5.70. The standard InChI is InChI=1S/C16H26N4O2/c1-15(2,3)22-14(21)20-8-7-19(11-16(20)5-6-16)10-13-9-17-12-18(13)4/h9,12H,5-8,10-11H2,1-4H3. The van der Waals surface area contributed by atoms with Crippen LogP contribution in [0.15, 0.2) is 12.5 Å². The minimum atomic E-state index is -0.432. The van der Waals surface area contributed by atoms with Crippen molar-refractivity contribution in [1.82, 2.24) is 19.4 Å². The van der Waals surface area contributed by atoms with Gasteiger partial charge in [0.2, 0.25) is 0 Å². The second-order valence-corrected chi connectivity index (χ2v) is 7.56. The van der Waals surface area contributed by atoms with E-state index in [1.54, 1.807) is 0 Å². The molecule has 1 aliphatic heterocycles. The lowest BCUT2D eigenvalue weighted by Crippen LogP contribution is -2.57. The van der Waals surface area contributed by atoms with Crippen LogP contribution in [-0.4, -0.2) is 56.2 Å². The molecule has 22 heavy (non-hydrogen) atoms. The molecule has 1 aromatic heterocycles. The van der Waals surface area contributed by atoms with E-state index in [2.05, 4.69) is 14.5 Å². The van der Waals surface area contributed by atoms with Gasteiger partial charge < -0.3 is 9.30 Å². The maximum atomic E-state index is 12.4. The van der Waals surface area contributed by atoms with Gasteiger partial charge in [0.05, 0.1) is 17.6 Å². The number of aryl methyl sites for hydroxylation is 1. The lowest BCUT2D eigenvalue weighted by Gasteiger charge is -2.42. The molecule has 0 unspecified atom stereocenters. The highest BCUT2D eigenvalue weighted by Gasteiger charge is 2.54. The van der Waals surface area contributed by atoms with Crippen LogP contribution < -0.4 is 0 Å². The van der Waals surface area contributed by atoms with Crippen LogP contribution in [0.2, 0.25) is 0 Å². The monoisotopic (exact) mass is 306 g/mol. The summed E-state index contributed by atoms with van der Waals surface area (Å²) in [6.07, 6.45) is 5.74. The Bertz CT molecular complexity index is 557. The summed E-state index contributed by atoms with van der Waals surface area (Å²) in [6.45, 7) is 9.20. The number of ether oxygens (including phenoxy) is 1. The van der Waals surface area contributed by atoms with Gasteiger partial charge in [-0.3, -0.25) is 9.80 Å². The van der Waals surface area contributed by atoms with Crippen molar-refractivity contribution < 1.29 is 9.53 Å². The highest BCUT2D eigenvalue weighted by atomic mass is 16.6. The second kappa shape index (κ2) is 5.26. The van der Waals surface area contributed by atoms with Crippen LogP contribution in [0.1, 0.15) is 39.3 Å². The summed E-state index contributed by atoms with van der Waals surface area (Å²) in [5.74, 6) is 0. The Morgan fingerprint density at radius 1 is 1.36 bits per heavy atom. The van der Waals surface area contributed by atoms with Crippen LogP contribution in [0.4, 0.5) is 4.79 Å². The van der Waals surface area contributed by atoms with Crippen LogP contribution >= 0.6 is 0 Å². The summed E-state index contributed by atoms with van der Waals surface area (Å²) in [4.78, 5) is 21.0. The van der Waals surface area contributed by atoms with Gasteiger partial charge in [-0.15, -0.1) is 0 Å². The Labute approximate surface area is 132 Å². The summed E-state index contributed by atoms with van der Waals surface area (Å²) in [7, 11) is 2.02. The number of imidazole rings is 1. The maximum Gasteiger partial charge on any atom is 0.410 e. The number of hydrogen-bond donors (Lipinski definition) is 0. The van der Waals surface area contributed by atoms with Crippen molar-refractivity contribution in [2.24, 2.45) is 7.05 Å². The van der Waals surface area contributed by atoms with Gasteiger partial charge in [-0.1, -0.05) is 0 Å². The van der Waals surface area contributed by atoms with E-state index in [9.17, 15) is 4.79 Å². The predicted octanol–water partition coefficient (Wildman–Crippen LogP) is 2.01. The van der Waals surface area contributed by atoms with Crippen molar-refractivity contribution in [1.29, 1.82) is 0 Å². The van der Waals surface area contributed by atoms with Gasteiger partial charge in [-0.25, -0.2) is 9.78 Å². The molecular formula is C16H26N4O2.